The molecule has 0 atom stereocenters. The highest BCUT2D eigenvalue weighted by molar-refractivity contribution is 5.82. The number of rotatable bonds is 1. The van der Waals surface area contributed by atoms with Crippen molar-refractivity contribution in [3.8, 4) is 16.9 Å². The molecular formula is C15H10O3. The zero-order valence-corrected chi connectivity index (χ0v) is 9.46. The quantitative estimate of drug-likeness (QED) is 0.708. The average molecular weight is 238 g/mol. The summed E-state index contributed by atoms with van der Waals surface area (Å²) in [5, 5.41) is 9.81. The first-order chi connectivity index (χ1) is 8.74. The summed E-state index contributed by atoms with van der Waals surface area (Å²) in [4.78, 5) is 11.7. The molecule has 0 spiro atoms. The third-order valence-corrected chi connectivity index (χ3v) is 2.86. The fourth-order valence-corrected chi connectivity index (χ4v) is 1.92. The molecule has 3 rings (SSSR count). The zero-order valence-electron chi connectivity index (χ0n) is 9.46. The van der Waals surface area contributed by atoms with Crippen molar-refractivity contribution in [2.45, 2.75) is 0 Å². The van der Waals surface area contributed by atoms with Gasteiger partial charge in [-0.15, -0.1) is 0 Å². The Bertz CT molecular complexity index is 755. The van der Waals surface area contributed by atoms with Crippen LogP contribution in [0.1, 0.15) is 0 Å². The molecule has 0 saturated heterocycles. The summed E-state index contributed by atoms with van der Waals surface area (Å²) < 4.78 is 5.26. The van der Waals surface area contributed by atoms with E-state index in [1.54, 1.807) is 36.4 Å². The van der Waals surface area contributed by atoms with E-state index >= 15 is 0 Å². The van der Waals surface area contributed by atoms with Crippen LogP contribution in [0.5, 0.6) is 5.75 Å². The normalized spacial score (nSPS) is 10.7. The molecule has 2 aromatic carbocycles. The Morgan fingerprint density at radius 3 is 2.39 bits per heavy atom. The van der Waals surface area contributed by atoms with Crippen molar-refractivity contribution < 1.29 is 9.52 Å². The lowest BCUT2D eigenvalue weighted by Crippen LogP contribution is -1.97. The van der Waals surface area contributed by atoms with Gasteiger partial charge in [0.15, 0.2) is 5.43 Å². The monoisotopic (exact) mass is 238 g/mol. The zero-order chi connectivity index (χ0) is 12.5. The Morgan fingerprint density at radius 1 is 0.889 bits per heavy atom. The molecule has 3 heteroatoms. The van der Waals surface area contributed by atoms with Gasteiger partial charge < -0.3 is 9.52 Å². The highest BCUT2D eigenvalue weighted by Crippen LogP contribution is 2.24. The minimum absolute atomic E-state index is 0.0584. The van der Waals surface area contributed by atoms with Crippen molar-refractivity contribution in [1.82, 2.24) is 0 Å². The number of phenols is 1. The first-order valence-electron chi connectivity index (χ1n) is 5.55. The van der Waals surface area contributed by atoms with Crippen molar-refractivity contribution in [3.05, 3.63) is 65.0 Å². The van der Waals surface area contributed by atoms with Crippen molar-refractivity contribution in [2.24, 2.45) is 0 Å². The van der Waals surface area contributed by atoms with E-state index in [2.05, 4.69) is 0 Å². The van der Waals surface area contributed by atoms with E-state index in [1.165, 1.54) is 12.3 Å². The molecule has 0 aliphatic carbocycles. The van der Waals surface area contributed by atoms with Gasteiger partial charge in [0.1, 0.15) is 11.3 Å². The van der Waals surface area contributed by atoms with Crippen LogP contribution in [0.4, 0.5) is 0 Å². The molecule has 0 saturated carbocycles. The Hall–Kier alpha value is -2.55. The van der Waals surface area contributed by atoms with Crippen molar-refractivity contribution in [1.29, 1.82) is 0 Å². The third kappa shape index (κ3) is 1.76. The molecule has 3 nitrogen and oxygen atoms in total. The summed E-state index contributed by atoms with van der Waals surface area (Å²) in [5.74, 6) is 0.221. The van der Waals surface area contributed by atoms with Crippen molar-refractivity contribution >= 4 is 11.0 Å². The lowest BCUT2D eigenvalue weighted by Gasteiger charge is -2.03. The van der Waals surface area contributed by atoms with E-state index in [0.29, 0.717) is 11.0 Å². The lowest BCUT2D eigenvalue weighted by atomic mass is 10.0. The maximum Gasteiger partial charge on any atom is 0.192 e. The molecule has 0 amide bonds. The van der Waals surface area contributed by atoms with Crippen molar-refractivity contribution in [2.75, 3.05) is 0 Å². The highest BCUT2D eigenvalue weighted by atomic mass is 16.3. The van der Waals surface area contributed by atoms with Gasteiger partial charge in [0.25, 0.3) is 0 Å². The minimum atomic E-state index is -0.0584. The second-order valence-corrected chi connectivity index (χ2v) is 4.04. The summed E-state index contributed by atoms with van der Waals surface area (Å²) in [6, 6.07) is 13.7. The number of hydrogen-bond donors (Lipinski definition) is 1. The smallest absolute Gasteiger partial charge is 0.192 e. The molecule has 0 unspecified atom stereocenters. The van der Waals surface area contributed by atoms with Crippen LogP contribution in [0.15, 0.2) is 64.0 Å². The van der Waals surface area contributed by atoms with Gasteiger partial charge in [-0.2, -0.15) is 0 Å². The van der Waals surface area contributed by atoms with Crippen LogP contribution >= 0.6 is 0 Å². The molecule has 1 heterocycles. The fourth-order valence-electron chi connectivity index (χ4n) is 1.92. The first kappa shape index (κ1) is 10.6. The summed E-state index contributed by atoms with van der Waals surface area (Å²) >= 11 is 0. The Balaban J connectivity index is 2.22. The molecule has 88 valence electrons. The molecule has 1 aromatic heterocycles. The van der Waals surface area contributed by atoms with Crippen LogP contribution in [0, 0.1) is 0 Å². The van der Waals surface area contributed by atoms with E-state index in [4.69, 9.17) is 4.42 Å². The maximum absolute atomic E-state index is 11.7. The predicted octanol–water partition coefficient (Wildman–Crippen LogP) is 3.17. The third-order valence-electron chi connectivity index (χ3n) is 2.86. The number of aromatic hydroxyl groups is 1. The minimum Gasteiger partial charge on any atom is -0.508 e. The second kappa shape index (κ2) is 4.04. The van der Waals surface area contributed by atoms with Gasteiger partial charge in [-0.25, -0.2) is 0 Å². The Kier molecular flexibility index (Phi) is 2.38. The van der Waals surface area contributed by atoms with Gasteiger partial charge >= 0.3 is 0 Å². The molecule has 3 aromatic rings. The van der Waals surface area contributed by atoms with E-state index in [0.717, 1.165) is 11.1 Å². The highest BCUT2D eigenvalue weighted by Gasteiger charge is 2.03. The van der Waals surface area contributed by atoms with Crippen LogP contribution < -0.4 is 5.43 Å². The molecule has 0 fully saturated rings. The molecule has 0 radical (unpaired) electrons. The van der Waals surface area contributed by atoms with Gasteiger partial charge in [-0.1, -0.05) is 18.2 Å². The predicted molar refractivity (Wildman–Crippen MR) is 69.6 cm³/mol. The van der Waals surface area contributed by atoms with Crippen LogP contribution in [0.25, 0.3) is 22.1 Å². The summed E-state index contributed by atoms with van der Waals surface area (Å²) in [6.07, 6.45) is 1.39. The molecule has 18 heavy (non-hydrogen) atoms. The largest absolute Gasteiger partial charge is 0.508 e. The SMILES string of the molecule is O=c1ccoc2ccc(-c3ccc(O)cc3)cc12. The lowest BCUT2D eigenvalue weighted by molar-refractivity contribution is 0.475. The van der Waals surface area contributed by atoms with Crippen LogP contribution in [-0.4, -0.2) is 5.11 Å². The van der Waals surface area contributed by atoms with Gasteiger partial charge in [0.05, 0.1) is 11.6 Å². The van der Waals surface area contributed by atoms with E-state index in [9.17, 15) is 9.90 Å². The van der Waals surface area contributed by atoms with E-state index in [1.807, 2.05) is 6.07 Å². The van der Waals surface area contributed by atoms with Gasteiger partial charge in [0.2, 0.25) is 0 Å². The number of hydrogen-bond acceptors (Lipinski definition) is 3. The van der Waals surface area contributed by atoms with Crippen LogP contribution in [0.2, 0.25) is 0 Å². The summed E-state index contributed by atoms with van der Waals surface area (Å²) in [5.41, 5.74) is 2.38. The maximum atomic E-state index is 11.7. The van der Waals surface area contributed by atoms with Gasteiger partial charge in [-0.3, -0.25) is 4.79 Å². The number of benzene rings is 2. The van der Waals surface area contributed by atoms with Gasteiger partial charge in [-0.05, 0) is 35.4 Å². The first-order valence-corrected chi connectivity index (χ1v) is 5.55. The van der Waals surface area contributed by atoms with Crippen LogP contribution in [0.3, 0.4) is 0 Å². The standard InChI is InChI=1S/C15H10O3/c16-12-4-1-10(2-5-12)11-3-6-15-13(9-11)14(17)7-8-18-15/h1-9,16H. The molecular weight excluding hydrogens is 228 g/mol. The fraction of sp³-hybridized carbons (Fsp3) is 0. The summed E-state index contributed by atoms with van der Waals surface area (Å²) in [7, 11) is 0. The number of phenolic OH excluding ortho intramolecular Hbond substituents is 1. The Morgan fingerprint density at radius 2 is 1.61 bits per heavy atom. The van der Waals surface area contributed by atoms with E-state index in [-0.39, 0.29) is 11.2 Å². The second-order valence-electron chi connectivity index (χ2n) is 4.04. The van der Waals surface area contributed by atoms with Crippen molar-refractivity contribution in [3.63, 3.8) is 0 Å². The average Bonchev–Trinajstić information content (AvgIpc) is 2.40. The molecule has 0 aliphatic heterocycles. The molecule has 0 aliphatic rings. The van der Waals surface area contributed by atoms with Gasteiger partial charge in [0, 0.05) is 6.07 Å². The van der Waals surface area contributed by atoms with E-state index < -0.39 is 0 Å². The number of fused-ring (bicyclic) bond motifs is 1. The Labute approximate surface area is 103 Å². The summed E-state index contributed by atoms with van der Waals surface area (Å²) in [6.45, 7) is 0. The molecule has 1 N–H and O–H groups in total. The topological polar surface area (TPSA) is 50.4 Å². The van der Waals surface area contributed by atoms with Crippen LogP contribution in [-0.2, 0) is 0 Å². The molecule has 0 bridgehead atoms.